The molecule has 21 heavy (non-hydrogen) atoms. The minimum Gasteiger partial charge on any atom is -0.399 e. The molecule has 2 aromatic rings. The smallest absolute Gasteiger partial charge is 0.140 e. The van der Waals surface area contributed by atoms with Gasteiger partial charge in [-0.15, -0.1) is 0 Å². The number of piperazine rings is 1. The molecule has 1 aromatic heterocycles. The molecular weight excluding hydrogens is 262 g/mol. The van der Waals surface area contributed by atoms with Crippen molar-refractivity contribution < 1.29 is 0 Å². The zero-order valence-electron chi connectivity index (χ0n) is 12.4. The molecule has 2 saturated heterocycles. The highest BCUT2D eigenvalue weighted by Crippen LogP contribution is 2.31. The van der Waals surface area contributed by atoms with Crippen LogP contribution >= 0.6 is 0 Å². The SMILES string of the molecule is CC1CN2CCCC2CN1c1ncnc2cc(N)ccc12. The molecule has 2 aliphatic heterocycles. The Kier molecular flexibility index (Phi) is 2.96. The first-order valence-corrected chi connectivity index (χ1v) is 7.73. The molecule has 2 aliphatic rings. The molecule has 2 atom stereocenters. The molecule has 2 unspecified atom stereocenters. The van der Waals surface area contributed by atoms with Crippen LogP contribution in [0.15, 0.2) is 24.5 Å². The van der Waals surface area contributed by atoms with E-state index in [1.165, 1.54) is 19.4 Å². The molecule has 5 heteroatoms. The lowest BCUT2D eigenvalue weighted by Gasteiger charge is -2.43. The van der Waals surface area contributed by atoms with Gasteiger partial charge in [-0.2, -0.15) is 0 Å². The summed E-state index contributed by atoms with van der Waals surface area (Å²) in [4.78, 5) is 14.0. The van der Waals surface area contributed by atoms with Gasteiger partial charge in [0.05, 0.1) is 5.52 Å². The number of fused-ring (bicyclic) bond motifs is 2. The van der Waals surface area contributed by atoms with Crippen molar-refractivity contribution in [1.29, 1.82) is 0 Å². The Morgan fingerprint density at radius 1 is 1.24 bits per heavy atom. The van der Waals surface area contributed by atoms with E-state index in [0.717, 1.165) is 35.5 Å². The van der Waals surface area contributed by atoms with Crippen molar-refractivity contribution in [2.75, 3.05) is 30.3 Å². The van der Waals surface area contributed by atoms with Crippen molar-refractivity contribution in [3.8, 4) is 0 Å². The third-order valence-corrected chi connectivity index (χ3v) is 4.85. The van der Waals surface area contributed by atoms with Gasteiger partial charge in [0, 0.05) is 36.2 Å². The molecule has 2 N–H and O–H groups in total. The number of aromatic nitrogens is 2. The zero-order chi connectivity index (χ0) is 14.4. The summed E-state index contributed by atoms with van der Waals surface area (Å²) in [6, 6.07) is 7.08. The first kappa shape index (κ1) is 12.8. The second-order valence-corrected chi connectivity index (χ2v) is 6.27. The van der Waals surface area contributed by atoms with Gasteiger partial charge in [0.15, 0.2) is 0 Å². The number of nitrogens with zero attached hydrogens (tertiary/aromatic N) is 4. The van der Waals surface area contributed by atoms with Crippen LogP contribution in [0, 0.1) is 0 Å². The van der Waals surface area contributed by atoms with Crippen LogP contribution in [-0.2, 0) is 0 Å². The first-order chi connectivity index (χ1) is 10.2. The fourth-order valence-corrected chi connectivity index (χ4v) is 3.77. The highest BCUT2D eigenvalue weighted by Gasteiger charge is 2.35. The summed E-state index contributed by atoms with van der Waals surface area (Å²) < 4.78 is 0. The zero-order valence-corrected chi connectivity index (χ0v) is 12.4. The van der Waals surface area contributed by atoms with Crippen molar-refractivity contribution in [2.45, 2.75) is 31.8 Å². The Balaban J connectivity index is 1.75. The van der Waals surface area contributed by atoms with Crippen LogP contribution in [0.5, 0.6) is 0 Å². The van der Waals surface area contributed by atoms with Gasteiger partial charge in [0.25, 0.3) is 0 Å². The van der Waals surface area contributed by atoms with E-state index in [4.69, 9.17) is 5.73 Å². The van der Waals surface area contributed by atoms with Gasteiger partial charge in [-0.1, -0.05) is 0 Å². The molecule has 0 saturated carbocycles. The minimum absolute atomic E-state index is 0.481. The maximum absolute atomic E-state index is 5.87. The summed E-state index contributed by atoms with van der Waals surface area (Å²) in [6.45, 7) is 5.74. The first-order valence-electron chi connectivity index (χ1n) is 7.73. The van der Waals surface area contributed by atoms with Crippen LogP contribution in [0.4, 0.5) is 11.5 Å². The van der Waals surface area contributed by atoms with E-state index in [9.17, 15) is 0 Å². The third-order valence-electron chi connectivity index (χ3n) is 4.85. The molecule has 3 heterocycles. The topological polar surface area (TPSA) is 58.3 Å². The van der Waals surface area contributed by atoms with Gasteiger partial charge < -0.3 is 10.6 Å². The predicted molar refractivity (Wildman–Crippen MR) is 85.4 cm³/mol. The highest BCUT2D eigenvalue weighted by molar-refractivity contribution is 5.91. The Hall–Kier alpha value is -1.88. The lowest BCUT2D eigenvalue weighted by Crippen LogP contribution is -2.55. The van der Waals surface area contributed by atoms with E-state index in [-0.39, 0.29) is 0 Å². The summed E-state index contributed by atoms with van der Waals surface area (Å²) in [5.74, 6) is 1.05. The van der Waals surface area contributed by atoms with Crippen LogP contribution < -0.4 is 10.6 Å². The normalized spacial score (nSPS) is 26.2. The van der Waals surface area contributed by atoms with Crippen LogP contribution in [0.1, 0.15) is 19.8 Å². The van der Waals surface area contributed by atoms with E-state index in [2.05, 4.69) is 26.7 Å². The second kappa shape index (κ2) is 4.84. The maximum Gasteiger partial charge on any atom is 0.140 e. The van der Waals surface area contributed by atoms with Crippen molar-refractivity contribution in [3.63, 3.8) is 0 Å². The van der Waals surface area contributed by atoms with Crippen molar-refractivity contribution in [1.82, 2.24) is 14.9 Å². The Bertz CT molecular complexity index is 671. The van der Waals surface area contributed by atoms with Crippen LogP contribution in [0.2, 0.25) is 0 Å². The Morgan fingerprint density at radius 3 is 3.05 bits per heavy atom. The van der Waals surface area contributed by atoms with Crippen molar-refractivity contribution >= 4 is 22.4 Å². The quantitative estimate of drug-likeness (QED) is 0.810. The third kappa shape index (κ3) is 2.12. The fourth-order valence-electron chi connectivity index (χ4n) is 3.77. The molecule has 5 nitrogen and oxygen atoms in total. The number of hydrogen-bond donors (Lipinski definition) is 1. The molecule has 1 aromatic carbocycles. The summed E-state index contributed by atoms with van der Waals surface area (Å²) in [6.07, 6.45) is 4.29. The second-order valence-electron chi connectivity index (χ2n) is 6.27. The fraction of sp³-hybridized carbons (Fsp3) is 0.500. The maximum atomic E-state index is 5.87. The lowest BCUT2D eigenvalue weighted by atomic mass is 10.1. The molecule has 2 fully saturated rings. The molecule has 0 bridgehead atoms. The predicted octanol–water partition coefficient (Wildman–Crippen LogP) is 1.88. The van der Waals surface area contributed by atoms with Crippen LogP contribution in [0.25, 0.3) is 10.9 Å². The van der Waals surface area contributed by atoms with E-state index < -0.39 is 0 Å². The van der Waals surface area contributed by atoms with Crippen LogP contribution in [0.3, 0.4) is 0 Å². The number of hydrogen-bond acceptors (Lipinski definition) is 5. The van der Waals surface area contributed by atoms with Gasteiger partial charge in [0.2, 0.25) is 0 Å². The van der Waals surface area contributed by atoms with Gasteiger partial charge in [-0.05, 0) is 44.5 Å². The monoisotopic (exact) mass is 283 g/mol. The van der Waals surface area contributed by atoms with Gasteiger partial charge in [-0.25, -0.2) is 9.97 Å². The standard InChI is InChI=1S/C16H21N5/c1-11-8-20-6-2-3-13(20)9-21(11)16-14-5-4-12(17)7-15(14)18-10-19-16/h4-5,7,10-11,13H,2-3,6,8-9,17H2,1H3. The molecule has 0 aliphatic carbocycles. The Labute approximate surface area is 124 Å². The minimum atomic E-state index is 0.481. The molecule has 0 amide bonds. The summed E-state index contributed by atoms with van der Waals surface area (Å²) in [7, 11) is 0. The summed E-state index contributed by atoms with van der Waals surface area (Å²) in [5.41, 5.74) is 7.55. The average Bonchev–Trinajstić information content (AvgIpc) is 2.92. The number of anilines is 2. The number of nitrogens with two attached hydrogens (primary N) is 1. The van der Waals surface area contributed by atoms with E-state index >= 15 is 0 Å². The number of rotatable bonds is 1. The van der Waals surface area contributed by atoms with Gasteiger partial charge >= 0.3 is 0 Å². The number of benzene rings is 1. The largest absolute Gasteiger partial charge is 0.399 e. The molecule has 4 rings (SSSR count). The Morgan fingerprint density at radius 2 is 2.14 bits per heavy atom. The number of nitrogen functional groups attached to an aromatic ring is 1. The van der Waals surface area contributed by atoms with Crippen LogP contribution in [-0.4, -0.2) is 46.6 Å². The molecular formula is C16H21N5. The molecule has 110 valence electrons. The molecule has 0 spiro atoms. The summed E-state index contributed by atoms with van der Waals surface area (Å²) in [5, 5.41) is 1.10. The summed E-state index contributed by atoms with van der Waals surface area (Å²) >= 11 is 0. The van der Waals surface area contributed by atoms with E-state index in [1.807, 2.05) is 18.2 Å². The average molecular weight is 283 g/mol. The lowest BCUT2D eigenvalue weighted by molar-refractivity contribution is 0.202. The van der Waals surface area contributed by atoms with Crippen molar-refractivity contribution in [3.05, 3.63) is 24.5 Å². The van der Waals surface area contributed by atoms with Gasteiger partial charge in [-0.3, -0.25) is 4.90 Å². The van der Waals surface area contributed by atoms with E-state index in [1.54, 1.807) is 6.33 Å². The van der Waals surface area contributed by atoms with Crippen molar-refractivity contribution in [2.24, 2.45) is 0 Å². The van der Waals surface area contributed by atoms with Gasteiger partial charge in [0.1, 0.15) is 12.1 Å². The molecule has 0 radical (unpaired) electrons. The van der Waals surface area contributed by atoms with E-state index in [0.29, 0.717) is 12.1 Å². The highest BCUT2D eigenvalue weighted by atomic mass is 15.3.